The number of unbranched alkanes of at least 4 members (excludes halogenated alkanes) is 2. The molecular formula is C15H21NO4. The topological polar surface area (TPSA) is 75.6 Å². The van der Waals surface area contributed by atoms with Crippen molar-refractivity contribution in [3.63, 3.8) is 0 Å². The maximum absolute atomic E-state index is 11.7. The fraction of sp³-hybridized carbons (Fsp3) is 0.467. The summed E-state index contributed by atoms with van der Waals surface area (Å²) in [5.41, 5.74) is 0.910. The van der Waals surface area contributed by atoms with Gasteiger partial charge in [-0.25, -0.2) is 0 Å². The number of aliphatic carboxylic acids is 1. The van der Waals surface area contributed by atoms with Gasteiger partial charge in [-0.1, -0.05) is 18.6 Å². The maximum Gasteiger partial charge on any atom is 0.303 e. The molecule has 0 spiro atoms. The van der Waals surface area contributed by atoms with Crippen molar-refractivity contribution in [2.75, 3.05) is 13.7 Å². The Morgan fingerprint density at radius 1 is 1.25 bits per heavy atom. The van der Waals surface area contributed by atoms with Crippen molar-refractivity contribution in [1.82, 2.24) is 5.32 Å². The van der Waals surface area contributed by atoms with E-state index in [4.69, 9.17) is 9.84 Å². The summed E-state index contributed by atoms with van der Waals surface area (Å²) in [5.74, 6) is -0.0625. The van der Waals surface area contributed by atoms with Crippen molar-refractivity contribution < 1.29 is 19.4 Å². The van der Waals surface area contributed by atoms with Gasteiger partial charge in [0.05, 0.1) is 13.5 Å². The van der Waals surface area contributed by atoms with Crippen LogP contribution in [0.5, 0.6) is 5.75 Å². The lowest BCUT2D eigenvalue weighted by Crippen LogP contribution is -2.26. The molecule has 0 aliphatic heterocycles. The largest absolute Gasteiger partial charge is 0.497 e. The highest BCUT2D eigenvalue weighted by Gasteiger charge is 2.04. The summed E-state index contributed by atoms with van der Waals surface area (Å²) in [4.78, 5) is 22.0. The summed E-state index contributed by atoms with van der Waals surface area (Å²) < 4.78 is 5.10. The van der Waals surface area contributed by atoms with E-state index in [2.05, 4.69) is 5.32 Å². The predicted octanol–water partition coefficient (Wildman–Crippen LogP) is 2.00. The lowest BCUT2D eigenvalue weighted by Gasteiger charge is -2.06. The number of carbonyl (C=O) groups excluding carboxylic acids is 1. The number of methoxy groups -OCH3 is 1. The van der Waals surface area contributed by atoms with Crippen LogP contribution in [0.3, 0.4) is 0 Å². The Kier molecular flexibility index (Phi) is 7.17. The monoisotopic (exact) mass is 279 g/mol. The molecule has 5 nitrogen and oxygen atoms in total. The van der Waals surface area contributed by atoms with Crippen molar-refractivity contribution in [3.8, 4) is 5.75 Å². The molecule has 0 fully saturated rings. The second-order valence-electron chi connectivity index (χ2n) is 4.58. The lowest BCUT2D eigenvalue weighted by atomic mass is 10.1. The van der Waals surface area contributed by atoms with Crippen LogP contribution in [0, 0.1) is 0 Å². The molecule has 0 saturated carbocycles. The number of ether oxygens (including phenoxy) is 1. The van der Waals surface area contributed by atoms with Gasteiger partial charge in [-0.05, 0) is 30.5 Å². The summed E-state index contributed by atoms with van der Waals surface area (Å²) in [6.45, 7) is 0.586. The fourth-order valence-corrected chi connectivity index (χ4v) is 1.84. The third-order valence-corrected chi connectivity index (χ3v) is 2.89. The van der Waals surface area contributed by atoms with Gasteiger partial charge in [0.1, 0.15) is 5.75 Å². The highest BCUT2D eigenvalue weighted by Crippen LogP contribution is 2.12. The summed E-state index contributed by atoms with van der Waals surface area (Å²) in [7, 11) is 1.59. The van der Waals surface area contributed by atoms with E-state index in [-0.39, 0.29) is 12.3 Å². The average Bonchev–Trinajstić information content (AvgIpc) is 2.42. The van der Waals surface area contributed by atoms with Gasteiger partial charge in [-0.2, -0.15) is 0 Å². The predicted molar refractivity (Wildman–Crippen MR) is 75.8 cm³/mol. The first kappa shape index (κ1) is 16.0. The van der Waals surface area contributed by atoms with Gasteiger partial charge in [-0.3, -0.25) is 9.59 Å². The molecule has 0 aliphatic rings. The summed E-state index contributed by atoms with van der Waals surface area (Å²) in [6.07, 6.45) is 2.79. The number of carbonyl (C=O) groups is 2. The highest BCUT2D eigenvalue weighted by atomic mass is 16.5. The Morgan fingerprint density at radius 2 is 2.05 bits per heavy atom. The number of rotatable bonds is 9. The second-order valence-corrected chi connectivity index (χ2v) is 4.58. The van der Waals surface area contributed by atoms with Gasteiger partial charge in [0, 0.05) is 13.0 Å². The summed E-state index contributed by atoms with van der Waals surface area (Å²) in [5, 5.41) is 11.3. The SMILES string of the molecule is COc1cccc(CC(=O)NCCCCCC(=O)O)c1. The first-order valence-electron chi connectivity index (χ1n) is 6.73. The maximum atomic E-state index is 11.7. The molecule has 1 aromatic carbocycles. The normalized spacial score (nSPS) is 10.1. The van der Waals surface area contributed by atoms with E-state index in [1.54, 1.807) is 7.11 Å². The average molecular weight is 279 g/mol. The van der Waals surface area contributed by atoms with Gasteiger partial charge in [0.2, 0.25) is 5.91 Å². The van der Waals surface area contributed by atoms with Crippen molar-refractivity contribution >= 4 is 11.9 Å². The molecule has 0 heterocycles. The quantitative estimate of drug-likeness (QED) is 0.678. The minimum atomic E-state index is -0.771. The van der Waals surface area contributed by atoms with Gasteiger partial charge in [-0.15, -0.1) is 0 Å². The minimum absolute atomic E-state index is 0.0310. The van der Waals surface area contributed by atoms with Crippen LogP contribution in [0.4, 0.5) is 0 Å². The Hall–Kier alpha value is -2.04. The number of nitrogens with one attached hydrogen (secondary N) is 1. The molecule has 0 radical (unpaired) electrons. The number of benzene rings is 1. The molecular weight excluding hydrogens is 258 g/mol. The molecule has 0 aromatic heterocycles. The van der Waals surface area contributed by atoms with E-state index in [0.29, 0.717) is 19.4 Å². The van der Waals surface area contributed by atoms with Gasteiger partial charge < -0.3 is 15.2 Å². The Labute approximate surface area is 118 Å². The minimum Gasteiger partial charge on any atom is -0.497 e. The Bertz CT molecular complexity index is 445. The van der Waals surface area contributed by atoms with E-state index in [9.17, 15) is 9.59 Å². The molecule has 0 atom stereocenters. The molecule has 110 valence electrons. The van der Waals surface area contributed by atoms with E-state index in [1.807, 2.05) is 24.3 Å². The van der Waals surface area contributed by atoms with Crippen LogP contribution in [-0.4, -0.2) is 30.6 Å². The summed E-state index contributed by atoms with van der Waals surface area (Å²) in [6, 6.07) is 7.42. The van der Waals surface area contributed by atoms with Crippen LogP contribution >= 0.6 is 0 Å². The molecule has 20 heavy (non-hydrogen) atoms. The van der Waals surface area contributed by atoms with E-state index >= 15 is 0 Å². The fourth-order valence-electron chi connectivity index (χ4n) is 1.84. The first-order chi connectivity index (χ1) is 9.61. The van der Waals surface area contributed by atoms with Gasteiger partial charge in [0.25, 0.3) is 0 Å². The first-order valence-corrected chi connectivity index (χ1v) is 6.73. The molecule has 5 heteroatoms. The number of carboxylic acids is 1. The molecule has 1 aromatic rings. The van der Waals surface area contributed by atoms with Crippen molar-refractivity contribution in [2.45, 2.75) is 32.1 Å². The molecule has 1 amide bonds. The van der Waals surface area contributed by atoms with Crippen LogP contribution in [0.1, 0.15) is 31.2 Å². The molecule has 0 bridgehead atoms. The van der Waals surface area contributed by atoms with Crippen LogP contribution in [-0.2, 0) is 16.0 Å². The molecule has 1 rings (SSSR count). The second kappa shape index (κ2) is 8.96. The molecule has 0 unspecified atom stereocenters. The number of carboxylic acid groups (broad SMARTS) is 1. The Balaban J connectivity index is 2.18. The third kappa shape index (κ3) is 6.78. The van der Waals surface area contributed by atoms with Crippen LogP contribution < -0.4 is 10.1 Å². The van der Waals surface area contributed by atoms with Crippen LogP contribution in [0.2, 0.25) is 0 Å². The van der Waals surface area contributed by atoms with E-state index in [0.717, 1.165) is 24.2 Å². The van der Waals surface area contributed by atoms with Crippen molar-refractivity contribution in [3.05, 3.63) is 29.8 Å². The zero-order valence-corrected chi connectivity index (χ0v) is 11.7. The smallest absolute Gasteiger partial charge is 0.303 e. The van der Waals surface area contributed by atoms with Crippen LogP contribution in [0.25, 0.3) is 0 Å². The lowest BCUT2D eigenvalue weighted by molar-refractivity contribution is -0.137. The van der Waals surface area contributed by atoms with Crippen LogP contribution in [0.15, 0.2) is 24.3 Å². The zero-order chi connectivity index (χ0) is 14.8. The van der Waals surface area contributed by atoms with Crippen molar-refractivity contribution in [1.29, 1.82) is 0 Å². The standard InChI is InChI=1S/C15H21NO4/c1-20-13-7-5-6-12(10-13)11-14(17)16-9-4-2-3-8-15(18)19/h5-7,10H,2-4,8-9,11H2,1H3,(H,16,17)(H,18,19). The molecule has 0 aliphatic carbocycles. The third-order valence-electron chi connectivity index (χ3n) is 2.89. The number of amides is 1. The van der Waals surface area contributed by atoms with Crippen molar-refractivity contribution in [2.24, 2.45) is 0 Å². The van der Waals surface area contributed by atoms with E-state index in [1.165, 1.54) is 0 Å². The molecule has 2 N–H and O–H groups in total. The summed E-state index contributed by atoms with van der Waals surface area (Å²) >= 11 is 0. The highest BCUT2D eigenvalue weighted by molar-refractivity contribution is 5.78. The number of hydrogen-bond acceptors (Lipinski definition) is 3. The van der Waals surface area contributed by atoms with Gasteiger partial charge in [0.15, 0.2) is 0 Å². The van der Waals surface area contributed by atoms with Gasteiger partial charge >= 0.3 is 5.97 Å². The Morgan fingerprint density at radius 3 is 2.75 bits per heavy atom. The molecule has 0 saturated heterocycles. The number of hydrogen-bond donors (Lipinski definition) is 2. The van der Waals surface area contributed by atoms with E-state index < -0.39 is 5.97 Å². The zero-order valence-electron chi connectivity index (χ0n) is 11.7.